The van der Waals surface area contributed by atoms with Gasteiger partial charge < -0.3 is 10.2 Å². The number of amides is 2. The van der Waals surface area contributed by atoms with Gasteiger partial charge in [-0.2, -0.15) is 0 Å². The number of imide groups is 1. The number of benzene rings is 1. The molecule has 0 spiro atoms. The number of phenols is 1. The van der Waals surface area contributed by atoms with Gasteiger partial charge in [0.05, 0.1) is 5.25 Å². The van der Waals surface area contributed by atoms with Gasteiger partial charge in [-0.3, -0.25) is 9.59 Å². The molecule has 1 saturated heterocycles. The first kappa shape index (κ1) is 13.9. The molecule has 0 saturated carbocycles. The number of aliphatic hydroxyl groups excluding tert-OH is 1. The second kappa shape index (κ2) is 5.63. The lowest BCUT2D eigenvalue weighted by Crippen LogP contribution is -2.39. The van der Waals surface area contributed by atoms with Gasteiger partial charge in [0.25, 0.3) is 0 Å². The zero-order valence-electron chi connectivity index (χ0n) is 10.4. The van der Waals surface area contributed by atoms with Crippen molar-refractivity contribution in [2.24, 2.45) is 0 Å². The Labute approximate surface area is 115 Å². The van der Waals surface area contributed by atoms with E-state index in [1.165, 1.54) is 0 Å². The minimum atomic E-state index is -1.10. The van der Waals surface area contributed by atoms with Crippen LogP contribution in [0.5, 0.6) is 5.75 Å². The van der Waals surface area contributed by atoms with Crippen molar-refractivity contribution < 1.29 is 19.8 Å². The molecule has 5 nitrogen and oxygen atoms in total. The second-order valence-corrected chi connectivity index (χ2v) is 5.54. The minimum Gasteiger partial charge on any atom is -0.508 e. The van der Waals surface area contributed by atoms with Gasteiger partial charge in [-0.05, 0) is 24.1 Å². The summed E-state index contributed by atoms with van der Waals surface area (Å²) in [7, 11) is 0. The molecular weight excluding hydrogens is 266 g/mol. The first-order chi connectivity index (χ1) is 9.02. The summed E-state index contributed by atoms with van der Waals surface area (Å²) in [5.41, 5.74) is -0.219. The van der Waals surface area contributed by atoms with Gasteiger partial charge in [0.15, 0.2) is 5.56 Å². The number of aliphatic hydroxyl groups is 1. The van der Waals surface area contributed by atoms with Gasteiger partial charge in [-0.15, -0.1) is 0 Å². The highest BCUT2D eigenvalue weighted by Gasteiger charge is 2.42. The number of rotatable bonds is 3. The first-order valence-electron chi connectivity index (χ1n) is 6.00. The summed E-state index contributed by atoms with van der Waals surface area (Å²) in [6.45, 7) is 1.65. The number of hydrogen-bond acceptors (Lipinski definition) is 5. The van der Waals surface area contributed by atoms with Crippen LogP contribution in [0.15, 0.2) is 24.3 Å². The van der Waals surface area contributed by atoms with Crippen molar-refractivity contribution >= 4 is 23.6 Å². The fourth-order valence-electron chi connectivity index (χ4n) is 1.93. The van der Waals surface area contributed by atoms with Crippen LogP contribution in [0.2, 0.25) is 0 Å². The summed E-state index contributed by atoms with van der Waals surface area (Å²) in [6.07, 6.45) is 0.615. The standard InChI is InChI=1S/C13H15NO4S/c1-2-11(16)14-12(17)10(19-13(14)18)7-8-3-5-9(15)6-4-8/h3-6,10,13,15,18H,2,7H2,1H3. The molecular formula is C13H15NO4S. The largest absolute Gasteiger partial charge is 0.508 e. The van der Waals surface area contributed by atoms with Gasteiger partial charge in [0, 0.05) is 6.42 Å². The highest BCUT2D eigenvalue weighted by atomic mass is 32.2. The third kappa shape index (κ3) is 2.90. The molecule has 1 aromatic rings. The molecule has 0 aliphatic carbocycles. The Bertz CT molecular complexity index is 488. The topological polar surface area (TPSA) is 77.8 Å². The summed E-state index contributed by atoms with van der Waals surface area (Å²) >= 11 is 1.07. The van der Waals surface area contributed by atoms with Gasteiger partial charge >= 0.3 is 0 Å². The highest BCUT2D eigenvalue weighted by molar-refractivity contribution is 8.01. The lowest BCUT2D eigenvalue weighted by Gasteiger charge is -2.16. The number of carbonyl (C=O) groups excluding carboxylic acids is 2. The number of phenolic OH excluding ortho intramolecular Hbond substituents is 1. The summed E-state index contributed by atoms with van der Waals surface area (Å²) in [5, 5.41) is 18.5. The molecule has 2 atom stereocenters. The van der Waals surface area contributed by atoms with Crippen molar-refractivity contribution in [2.45, 2.75) is 30.6 Å². The van der Waals surface area contributed by atoms with Crippen LogP contribution in [0.1, 0.15) is 18.9 Å². The smallest absolute Gasteiger partial charge is 0.245 e. The van der Waals surface area contributed by atoms with Crippen molar-refractivity contribution in [2.75, 3.05) is 0 Å². The minimum absolute atomic E-state index is 0.164. The molecule has 0 radical (unpaired) electrons. The lowest BCUT2D eigenvalue weighted by molar-refractivity contribution is -0.148. The normalized spacial score (nSPS) is 22.8. The maximum atomic E-state index is 12.1. The monoisotopic (exact) mass is 281 g/mol. The molecule has 0 bridgehead atoms. The van der Waals surface area contributed by atoms with Crippen molar-refractivity contribution in [1.82, 2.24) is 4.90 Å². The third-order valence-electron chi connectivity index (χ3n) is 2.95. The van der Waals surface area contributed by atoms with Crippen molar-refractivity contribution in [3.05, 3.63) is 29.8 Å². The van der Waals surface area contributed by atoms with E-state index in [0.717, 1.165) is 22.2 Å². The number of hydrogen-bond donors (Lipinski definition) is 2. The van der Waals surface area contributed by atoms with E-state index in [1.807, 2.05) is 0 Å². The van der Waals surface area contributed by atoms with Crippen LogP contribution in [0, 0.1) is 0 Å². The molecule has 6 heteroatoms. The van der Waals surface area contributed by atoms with E-state index in [4.69, 9.17) is 0 Å². The fraction of sp³-hybridized carbons (Fsp3) is 0.385. The SMILES string of the molecule is CCC(=O)N1C(=O)C(Cc2ccc(O)cc2)SC1O. The van der Waals surface area contributed by atoms with Crippen LogP contribution < -0.4 is 0 Å². The van der Waals surface area contributed by atoms with E-state index in [2.05, 4.69) is 0 Å². The Balaban J connectivity index is 2.08. The van der Waals surface area contributed by atoms with Gasteiger partial charge in [0.2, 0.25) is 11.8 Å². The van der Waals surface area contributed by atoms with Gasteiger partial charge in [-0.25, -0.2) is 4.90 Å². The molecule has 1 aliphatic rings. The Morgan fingerprint density at radius 2 is 2.00 bits per heavy atom. The maximum Gasteiger partial charge on any atom is 0.245 e. The number of carbonyl (C=O) groups is 2. The summed E-state index contributed by atoms with van der Waals surface area (Å²) in [4.78, 5) is 24.6. The van der Waals surface area contributed by atoms with E-state index < -0.39 is 10.8 Å². The molecule has 2 rings (SSSR count). The Morgan fingerprint density at radius 1 is 1.37 bits per heavy atom. The molecule has 19 heavy (non-hydrogen) atoms. The number of nitrogens with zero attached hydrogens (tertiary/aromatic N) is 1. The highest BCUT2D eigenvalue weighted by Crippen LogP contribution is 2.32. The van der Waals surface area contributed by atoms with Crippen LogP contribution in [0.3, 0.4) is 0 Å². The van der Waals surface area contributed by atoms with E-state index >= 15 is 0 Å². The molecule has 2 unspecified atom stereocenters. The summed E-state index contributed by atoms with van der Waals surface area (Å²) < 4.78 is 0. The maximum absolute atomic E-state index is 12.1. The zero-order valence-corrected chi connectivity index (χ0v) is 11.3. The quantitative estimate of drug-likeness (QED) is 0.867. The van der Waals surface area contributed by atoms with E-state index in [9.17, 15) is 19.8 Å². The van der Waals surface area contributed by atoms with Crippen molar-refractivity contribution in [3.63, 3.8) is 0 Å². The Hall–Kier alpha value is -1.53. The number of aromatic hydroxyl groups is 1. The number of thioether (sulfide) groups is 1. The van der Waals surface area contributed by atoms with Crippen molar-refractivity contribution in [1.29, 1.82) is 0 Å². The Kier molecular flexibility index (Phi) is 4.11. The fourth-order valence-corrected chi connectivity index (χ4v) is 3.08. The predicted octanol–water partition coefficient (Wildman–Crippen LogP) is 1.09. The van der Waals surface area contributed by atoms with Crippen molar-refractivity contribution in [3.8, 4) is 5.75 Å². The van der Waals surface area contributed by atoms with Crippen LogP contribution >= 0.6 is 11.8 Å². The van der Waals surface area contributed by atoms with Crippen LogP contribution in [0.25, 0.3) is 0 Å². The molecule has 1 aliphatic heterocycles. The summed E-state index contributed by atoms with van der Waals surface area (Å²) in [6, 6.07) is 6.54. The van der Waals surface area contributed by atoms with Gasteiger partial charge in [0.1, 0.15) is 5.75 Å². The predicted molar refractivity (Wildman–Crippen MR) is 71.3 cm³/mol. The first-order valence-corrected chi connectivity index (χ1v) is 6.94. The average Bonchev–Trinajstić information content (AvgIpc) is 2.66. The van der Waals surface area contributed by atoms with Crippen LogP contribution in [-0.2, 0) is 16.0 Å². The molecule has 1 heterocycles. The summed E-state index contributed by atoms with van der Waals surface area (Å²) in [5.74, 6) is -0.549. The average molecular weight is 281 g/mol. The third-order valence-corrected chi connectivity index (χ3v) is 4.10. The van der Waals surface area contributed by atoms with Crippen LogP contribution in [0.4, 0.5) is 0 Å². The lowest BCUT2D eigenvalue weighted by atomic mass is 10.1. The molecule has 0 aromatic heterocycles. The molecule has 2 N–H and O–H groups in total. The second-order valence-electron chi connectivity index (χ2n) is 4.28. The van der Waals surface area contributed by atoms with E-state index in [-0.39, 0.29) is 24.0 Å². The zero-order chi connectivity index (χ0) is 14.0. The van der Waals surface area contributed by atoms with E-state index in [1.54, 1.807) is 31.2 Å². The Morgan fingerprint density at radius 3 is 2.58 bits per heavy atom. The molecule has 2 amide bonds. The van der Waals surface area contributed by atoms with Gasteiger partial charge in [-0.1, -0.05) is 30.8 Å². The molecule has 1 fully saturated rings. The molecule has 1 aromatic carbocycles. The van der Waals surface area contributed by atoms with E-state index in [0.29, 0.717) is 6.42 Å². The molecule has 102 valence electrons. The van der Waals surface area contributed by atoms with Crippen LogP contribution in [-0.4, -0.2) is 37.7 Å².